The number of nitrogens with two attached hydrogens (primary N) is 1. The minimum Gasteiger partial charge on any atom is -0.323 e. The van der Waals surface area contributed by atoms with Crippen molar-refractivity contribution in [2.45, 2.75) is 26.7 Å². The van der Waals surface area contributed by atoms with Crippen molar-refractivity contribution in [2.75, 3.05) is 10.7 Å². The molecular weight excluding hydrogens is 242 g/mol. The molecule has 102 valence electrons. The zero-order chi connectivity index (χ0) is 14.0. The standard InChI is InChI=1S/C12H19N7/c1-7(2)10-11(14-6-15-12(10)17-13)16-9-5-8(3)19(4)18-9/h5-7H,13H2,1-4H3,(H2,14,15,16,17,18). The van der Waals surface area contributed by atoms with Gasteiger partial charge in [0.05, 0.1) is 0 Å². The average molecular weight is 261 g/mol. The first-order chi connectivity index (χ1) is 9.02. The third kappa shape index (κ3) is 2.65. The van der Waals surface area contributed by atoms with Gasteiger partial charge in [-0.3, -0.25) is 4.68 Å². The Kier molecular flexibility index (Phi) is 3.66. The van der Waals surface area contributed by atoms with Crippen LogP contribution in [0.25, 0.3) is 0 Å². The van der Waals surface area contributed by atoms with Crippen molar-refractivity contribution in [3.63, 3.8) is 0 Å². The van der Waals surface area contributed by atoms with Gasteiger partial charge in [0.15, 0.2) is 5.82 Å². The molecule has 2 rings (SSSR count). The first-order valence-corrected chi connectivity index (χ1v) is 6.12. The summed E-state index contributed by atoms with van der Waals surface area (Å²) >= 11 is 0. The number of nitrogens with one attached hydrogen (secondary N) is 2. The van der Waals surface area contributed by atoms with Crippen molar-refractivity contribution in [2.24, 2.45) is 12.9 Å². The van der Waals surface area contributed by atoms with E-state index in [-0.39, 0.29) is 5.92 Å². The first kappa shape index (κ1) is 13.3. The molecule has 0 fully saturated rings. The van der Waals surface area contributed by atoms with E-state index in [1.807, 2.05) is 20.0 Å². The molecule has 2 aromatic heterocycles. The molecule has 7 heteroatoms. The second-order valence-corrected chi connectivity index (χ2v) is 4.70. The largest absolute Gasteiger partial charge is 0.323 e. The Morgan fingerprint density at radius 1 is 1.26 bits per heavy atom. The van der Waals surface area contributed by atoms with Crippen LogP contribution >= 0.6 is 0 Å². The van der Waals surface area contributed by atoms with Crippen LogP contribution in [-0.4, -0.2) is 19.7 Å². The number of hydrogen-bond acceptors (Lipinski definition) is 6. The lowest BCUT2D eigenvalue weighted by Crippen LogP contribution is -2.14. The van der Waals surface area contributed by atoms with Crippen molar-refractivity contribution >= 4 is 17.5 Å². The zero-order valence-electron chi connectivity index (χ0n) is 11.6. The highest BCUT2D eigenvalue weighted by molar-refractivity contribution is 5.63. The summed E-state index contributed by atoms with van der Waals surface area (Å²) < 4.78 is 1.81. The highest BCUT2D eigenvalue weighted by atomic mass is 15.3. The lowest BCUT2D eigenvalue weighted by Gasteiger charge is -2.15. The molecule has 0 amide bonds. The highest BCUT2D eigenvalue weighted by Gasteiger charge is 2.15. The van der Waals surface area contributed by atoms with E-state index < -0.39 is 0 Å². The predicted molar refractivity (Wildman–Crippen MR) is 75.2 cm³/mol. The number of nitrogen functional groups attached to an aromatic ring is 1. The van der Waals surface area contributed by atoms with Gasteiger partial charge in [0, 0.05) is 24.4 Å². The summed E-state index contributed by atoms with van der Waals surface area (Å²) in [5.74, 6) is 7.82. The predicted octanol–water partition coefficient (Wildman–Crippen LogP) is 1.67. The topological polar surface area (TPSA) is 93.7 Å². The molecule has 0 atom stereocenters. The third-order valence-corrected chi connectivity index (χ3v) is 2.96. The maximum absolute atomic E-state index is 5.49. The number of aromatic nitrogens is 4. The maximum atomic E-state index is 5.49. The Bertz CT molecular complexity index is 554. The van der Waals surface area contributed by atoms with Crippen molar-refractivity contribution in [3.05, 3.63) is 23.7 Å². The van der Waals surface area contributed by atoms with Gasteiger partial charge in [0.2, 0.25) is 0 Å². The van der Waals surface area contributed by atoms with Gasteiger partial charge in [0.1, 0.15) is 18.0 Å². The molecule has 0 aliphatic carbocycles. The van der Waals surface area contributed by atoms with Gasteiger partial charge in [-0.25, -0.2) is 15.8 Å². The summed E-state index contributed by atoms with van der Waals surface area (Å²) in [4.78, 5) is 8.41. The Hall–Kier alpha value is -2.15. The quantitative estimate of drug-likeness (QED) is 0.572. The number of aryl methyl sites for hydroxylation is 2. The average Bonchev–Trinajstić information content (AvgIpc) is 2.67. The van der Waals surface area contributed by atoms with Gasteiger partial charge in [-0.2, -0.15) is 5.10 Å². The summed E-state index contributed by atoms with van der Waals surface area (Å²) in [5, 5.41) is 7.57. The molecule has 19 heavy (non-hydrogen) atoms. The van der Waals surface area contributed by atoms with Crippen LogP contribution in [0.1, 0.15) is 31.0 Å². The fourth-order valence-electron chi connectivity index (χ4n) is 1.90. The Morgan fingerprint density at radius 2 is 1.95 bits per heavy atom. The molecule has 0 radical (unpaired) electrons. The van der Waals surface area contributed by atoms with Crippen LogP contribution in [-0.2, 0) is 7.05 Å². The molecule has 0 saturated carbocycles. The Morgan fingerprint density at radius 3 is 2.47 bits per heavy atom. The molecule has 2 heterocycles. The van der Waals surface area contributed by atoms with Gasteiger partial charge in [-0.05, 0) is 12.8 Å². The van der Waals surface area contributed by atoms with Crippen LogP contribution < -0.4 is 16.6 Å². The monoisotopic (exact) mass is 261 g/mol. The molecule has 0 aliphatic heterocycles. The van der Waals surface area contributed by atoms with Crippen LogP contribution in [0.15, 0.2) is 12.4 Å². The highest BCUT2D eigenvalue weighted by Crippen LogP contribution is 2.29. The molecular formula is C12H19N7. The van der Waals surface area contributed by atoms with Crippen LogP contribution in [0.3, 0.4) is 0 Å². The van der Waals surface area contributed by atoms with Gasteiger partial charge in [0.25, 0.3) is 0 Å². The number of hydrazine groups is 1. The normalized spacial score (nSPS) is 10.8. The molecule has 0 aliphatic rings. The Balaban J connectivity index is 2.39. The van der Waals surface area contributed by atoms with Crippen LogP contribution in [0.4, 0.5) is 17.5 Å². The smallest absolute Gasteiger partial charge is 0.153 e. The zero-order valence-corrected chi connectivity index (χ0v) is 11.6. The van der Waals surface area contributed by atoms with Gasteiger partial charge >= 0.3 is 0 Å². The lowest BCUT2D eigenvalue weighted by atomic mass is 10.0. The van der Waals surface area contributed by atoms with Crippen LogP contribution in [0.2, 0.25) is 0 Å². The third-order valence-electron chi connectivity index (χ3n) is 2.96. The van der Waals surface area contributed by atoms with Gasteiger partial charge in [-0.1, -0.05) is 13.8 Å². The fourth-order valence-corrected chi connectivity index (χ4v) is 1.90. The van der Waals surface area contributed by atoms with Crippen molar-refractivity contribution in [3.8, 4) is 0 Å². The summed E-state index contributed by atoms with van der Waals surface area (Å²) in [6.07, 6.45) is 1.47. The maximum Gasteiger partial charge on any atom is 0.153 e. The number of nitrogens with zero attached hydrogens (tertiary/aromatic N) is 4. The lowest BCUT2D eigenvalue weighted by molar-refractivity contribution is 0.742. The molecule has 0 bridgehead atoms. The summed E-state index contributed by atoms with van der Waals surface area (Å²) in [6.45, 7) is 6.12. The van der Waals surface area contributed by atoms with Crippen molar-refractivity contribution in [1.82, 2.24) is 19.7 Å². The van der Waals surface area contributed by atoms with E-state index in [4.69, 9.17) is 5.84 Å². The second-order valence-electron chi connectivity index (χ2n) is 4.70. The van der Waals surface area contributed by atoms with Gasteiger partial charge in [-0.15, -0.1) is 0 Å². The van der Waals surface area contributed by atoms with E-state index in [9.17, 15) is 0 Å². The molecule has 4 N–H and O–H groups in total. The first-order valence-electron chi connectivity index (χ1n) is 6.12. The van der Waals surface area contributed by atoms with Crippen LogP contribution in [0.5, 0.6) is 0 Å². The SMILES string of the molecule is Cc1cc(Nc2ncnc(NN)c2C(C)C)nn1C. The minimum absolute atomic E-state index is 0.236. The van der Waals surface area contributed by atoms with E-state index in [0.717, 1.165) is 22.9 Å². The van der Waals surface area contributed by atoms with Crippen LogP contribution in [0, 0.1) is 6.92 Å². The van der Waals surface area contributed by atoms with Crippen molar-refractivity contribution < 1.29 is 0 Å². The van der Waals surface area contributed by atoms with E-state index in [2.05, 4.69) is 39.7 Å². The molecule has 0 saturated heterocycles. The summed E-state index contributed by atoms with van der Waals surface area (Å²) in [6, 6.07) is 1.96. The van der Waals surface area contributed by atoms with E-state index >= 15 is 0 Å². The number of anilines is 3. The van der Waals surface area contributed by atoms with Crippen molar-refractivity contribution in [1.29, 1.82) is 0 Å². The summed E-state index contributed by atoms with van der Waals surface area (Å²) in [5.41, 5.74) is 4.61. The summed E-state index contributed by atoms with van der Waals surface area (Å²) in [7, 11) is 1.90. The molecule has 2 aromatic rings. The van der Waals surface area contributed by atoms with E-state index in [0.29, 0.717) is 5.82 Å². The molecule has 0 aromatic carbocycles. The fraction of sp³-hybridized carbons (Fsp3) is 0.417. The Labute approximate surface area is 112 Å². The minimum atomic E-state index is 0.236. The van der Waals surface area contributed by atoms with E-state index in [1.54, 1.807) is 4.68 Å². The van der Waals surface area contributed by atoms with Gasteiger partial charge < -0.3 is 10.7 Å². The van der Waals surface area contributed by atoms with E-state index in [1.165, 1.54) is 6.33 Å². The number of rotatable bonds is 4. The molecule has 0 spiro atoms. The number of hydrogen-bond donors (Lipinski definition) is 3. The second kappa shape index (κ2) is 5.23. The molecule has 7 nitrogen and oxygen atoms in total. The molecule has 0 unspecified atom stereocenters.